The van der Waals surface area contributed by atoms with Crippen LogP contribution >= 0.6 is 0 Å². The lowest BCUT2D eigenvalue weighted by Gasteiger charge is -2.24. The summed E-state index contributed by atoms with van der Waals surface area (Å²) >= 11 is 0. The van der Waals surface area contributed by atoms with Gasteiger partial charge < -0.3 is 33.9 Å². The summed E-state index contributed by atoms with van der Waals surface area (Å²) < 4.78 is 28.1. The van der Waals surface area contributed by atoms with E-state index in [0.717, 1.165) is 19.6 Å². The fourth-order valence-corrected chi connectivity index (χ4v) is 2.39. The maximum Gasteiger partial charge on any atom is 0.163 e. The first kappa shape index (κ1) is 18.1. The van der Waals surface area contributed by atoms with E-state index in [9.17, 15) is 0 Å². The molecule has 0 amide bonds. The first-order chi connectivity index (χ1) is 10.1. The van der Waals surface area contributed by atoms with Crippen LogP contribution in [0.15, 0.2) is 0 Å². The maximum atomic E-state index is 8.08. The van der Waals surface area contributed by atoms with Crippen LogP contribution < -0.4 is 0 Å². The van der Waals surface area contributed by atoms with Gasteiger partial charge in [-0.3, -0.25) is 0 Å². The summed E-state index contributed by atoms with van der Waals surface area (Å²) in [5.41, 5.74) is 0. The van der Waals surface area contributed by atoms with E-state index in [1.54, 1.807) is 0 Å². The van der Waals surface area contributed by atoms with Crippen molar-refractivity contribution in [3.63, 3.8) is 0 Å². The normalized spacial score (nSPS) is 36.8. The number of epoxide rings is 1. The van der Waals surface area contributed by atoms with E-state index >= 15 is 0 Å². The van der Waals surface area contributed by atoms with E-state index in [4.69, 9.17) is 33.9 Å². The fraction of sp³-hybridized carbons (Fsp3) is 1.00. The highest BCUT2D eigenvalue weighted by Gasteiger charge is 2.44. The van der Waals surface area contributed by atoms with Gasteiger partial charge in [0.25, 0.3) is 0 Å². The molecular formula is C15H28O7. The van der Waals surface area contributed by atoms with Crippen LogP contribution in [0.4, 0.5) is 0 Å². The van der Waals surface area contributed by atoms with Crippen LogP contribution in [-0.2, 0) is 23.7 Å². The number of hydrogen-bond acceptors (Lipinski definition) is 7. The van der Waals surface area contributed by atoms with E-state index in [1.807, 2.05) is 13.8 Å². The monoisotopic (exact) mass is 320 g/mol. The molecule has 3 aliphatic heterocycles. The zero-order chi connectivity index (χ0) is 16.4. The van der Waals surface area contributed by atoms with Gasteiger partial charge in [-0.25, -0.2) is 0 Å². The standard InChI is InChI=1S/C12H20O5.C3H8O2/c1-12(2)16-7-10(17-12)11-9(3-4-13-11)15-6-8-5-14-8;1-3(2,4)5/h8-11H,3-7H2,1-2H3;4-5H,1-2H3/t8?,9-,10-,11+;/m1./s1. The van der Waals surface area contributed by atoms with E-state index in [0.29, 0.717) is 19.3 Å². The van der Waals surface area contributed by atoms with Gasteiger partial charge in [0.05, 0.1) is 25.9 Å². The van der Waals surface area contributed by atoms with Crippen LogP contribution in [0.25, 0.3) is 0 Å². The Kier molecular flexibility index (Phi) is 5.82. The molecule has 1 unspecified atom stereocenters. The Morgan fingerprint density at radius 1 is 1.18 bits per heavy atom. The summed E-state index contributed by atoms with van der Waals surface area (Å²) in [6, 6.07) is 0. The largest absolute Gasteiger partial charge is 0.373 e. The van der Waals surface area contributed by atoms with Gasteiger partial charge in [0.2, 0.25) is 0 Å². The lowest BCUT2D eigenvalue weighted by atomic mass is 10.1. The minimum absolute atomic E-state index is 0.00414. The smallest absolute Gasteiger partial charge is 0.163 e. The van der Waals surface area contributed by atoms with E-state index in [-0.39, 0.29) is 18.3 Å². The molecule has 3 aliphatic rings. The highest BCUT2D eigenvalue weighted by atomic mass is 16.8. The number of aliphatic hydroxyl groups is 2. The lowest BCUT2D eigenvalue weighted by Crippen LogP contribution is -2.39. The van der Waals surface area contributed by atoms with Gasteiger partial charge in [-0.05, 0) is 34.1 Å². The molecule has 0 aromatic rings. The molecule has 3 saturated heterocycles. The summed E-state index contributed by atoms with van der Waals surface area (Å²) in [4.78, 5) is 0. The van der Waals surface area contributed by atoms with Gasteiger partial charge in [-0.15, -0.1) is 0 Å². The summed E-state index contributed by atoms with van der Waals surface area (Å²) in [6.07, 6.45) is 1.32. The Hall–Kier alpha value is -0.280. The molecule has 3 heterocycles. The predicted octanol–water partition coefficient (Wildman–Crippen LogP) is 0.418. The van der Waals surface area contributed by atoms with Gasteiger partial charge in [0.15, 0.2) is 11.6 Å². The Morgan fingerprint density at radius 2 is 1.82 bits per heavy atom. The predicted molar refractivity (Wildman–Crippen MR) is 77.3 cm³/mol. The third kappa shape index (κ3) is 6.45. The maximum absolute atomic E-state index is 8.08. The van der Waals surface area contributed by atoms with Crippen molar-refractivity contribution >= 4 is 0 Å². The van der Waals surface area contributed by atoms with Crippen LogP contribution in [0.5, 0.6) is 0 Å². The SMILES string of the molecule is CC(C)(O)O.CC1(C)OC[C@H]([C@H]2OCC[C@H]2OCC2CO2)O1. The zero-order valence-electron chi connectivity index (χ0n) is 13.8. The average Bonchev–Trinajstić information content (AvgIpc) is 2.95. The molecule has 3 fully saturated rings. The molecule has 0 bridgehead atoms. The second kappa shape index (κ2) is 7.09. The molecule has 0 aromatic heterocycles. The van der Waals surface area contributed by atoms with Crippen molar-refractivity contribution in [3.05, 3.63) is 0 Å². The van der Waals surface area contributed by atoms with Crippen molar-refractivity contribution in [2.24, 2.45) is 0 Å². The van der Waals surface area contributed by atoms with Gasteiger partial charge in [-0.1, -0.05) is 0 Å². The first-order valence-corrected chi connectivity index (χ1v) is 7.75. The summed E-state index contributed by atoms with van der Waals surface area (Å²) in [5, 5.41) is 16.2. The van der Waals surface area contributed by atoms with Crippen molar-refractivity contribution in [1.82, 2.24) is 0 Å². The second-order valence-corrected chi connectivity index (χ2v) is 6.81. The Bertz CT molecular complexity index is 342. The summed E-state index contributed by atoms with van der Waals surface area (Å²) in [6.45, 7) is 9.26. The number of ether oxygens (including phenoxy) is 5. The van der Waals surface area contributed by atoms with Gasteiger partial charge in [-0.2, -0.15) is 0 Å². The van der Waals surface area contributed by atoms with Crippen LogP contribution in [-0.4, -0.2) is 72.6 Å². The molecule has 0 radical (unpaired) electrons. The topological polar surface area (TPSA) is 89.9 Å². The van der Waals surface area contributed by atoms with Crippen molar-refractivity contribution in [3.8, 4) is 0 Å². The minimum atomic E-state index is -1.50. The third-order valence-electron chi connectivity index (χ3n) is 3.37. The molecule has 0 aliphatic carbocycles. The quantitative estimate of drug-likeness (QED) is 0.573. The third-order valence-corrected chi connectivity index (χ3v) is 3.37. The van der Waals surface area contributed by atoms with Gasteiger partial charge >= 0.3 is 0 Å². The molecule has 3 rings (SSSR count). The van der Waals surface area contributed by atoms with Crippen molar-refractivity contribution < 1.29 is 33.9 Å². The average molecular weight is 320 g/mol. The van der Waals surface area contributed by atoms with E-state index in [2.05, 4.69) is 0 Å². The highest BCUT2D eigenvalue weighted by molar-refractivity contribution is 4.88. The minimum Gasteiger partial charge on any atom is -0.373 e. The number of rotatable bonds is 4. The highest BCUT2D eigenvalue weighted by Crippen LogP contribution is 2.31. The zero-order valence-corrected chi connectivity index (χ0v) is 13.8. The second-order valence-electron chi connectivity index (χ2n) is 6.81. The molecule has 2 N–H and O–H groups in total. The molecule has 7 heteroatoms. The molecule has 4 atom stereocenters. The Labute approximate surface area is 131 Å². The Balaban J connectivity index is 0.000000309. The lowest BCUT2D eigenvalue weighted by molar-refractivity contribution is -0.161. The van der Waals surface area contributed by atoms with E-state index in [1.165, 1.54) is 13.8 Å². The molecule has 0 saturated carbocycles. The molecular weight excluding hydrogens is 292 g/mol. The summed E-state index contributed by atoms with van der Waals surface area (Å²) in [7, 11) is 0. The van der Waals surface area contributed by atoms with E-state index < -0.39 is 11.6 Å². The molecule has 7 nitrogen and oxygen atoms in total. The molecule has 22 heavy (non-hydrogen) atoms. The van der Waals surface area contributed by atoms with Crippen molar-refractivity contribution in [2.75, 3.05) is 26.4 Å². The van der Waals surface area contributed by atoms with Gasteiger partial charge in [0, 0.05) is 6.61 Å². The van der Waals surface area contributed by atoms with Crippen LogP contribution in [0.2, 0.25) is 0 Å². The van der Waals surface area contributed by atoms with Crippen molar-refractivity contribution in [1.29, 1.82) is 0 Å². The number of hydrogen-bond donors (Lipinski definition) is 2. The molecule has 0 aromatic carbocycles. The van der Waals surface area contributed by atoms with Gasteiger partial charge in [0.1, 0.15) is 18.3 Å². The van der Waals surface area contributed by atoms with Crippen molar-refractivity contribution in [2.45, 2.75) is 70.1 Å². The Morgan fingerprint density at radius 3 is 2.32 bits per heavy atom. The molecule has 0 spiro atoms. The fourth-order valence-electron chi connectivity index (χ4n) is 2.39. The summed E-state index contributed by atoms with van der Waals surface area (Å²) in [5.74, 6) is -2.00. The van der Waals surface area contributed by atoms with Crippen LogP contribution in [0.3, 0.4) is 0 Å². The van der Waals surface area contributed by atoms with Crippen LogP contribution in [0, 0.1) is 0 Å². The molecule has 130 valence electrons. The first-order valence-electron chi connectivity index (χ1n) is 7.75. The van der Waals surface area contributed by atoms with Crippen LogP contribution in [0.1, 0.15) is 34.1 Å².